The molecule has 0 aromatic heterocycles. The Morgan fingerprint density at radius 3 is 1.75 bits per heavy atom. The van der Waals surface area contributed by atoms with Gasteiger partial charge in [-0.2, -0.15) is 0 Å². The molecule has 0 bridgehead atoms. The van der Waals surface area contributed by atoms with Crippen LogP contribution in [0.3, 0.4) is 0 Å². The van der Waals surface area contributed by atoms with Crippen LogP contribution < -0.4 is 0 Å². The predicted molar refractivity (Wildman–Crippen MR) is 114 cm³/mol. The summed E-state index contributed by atoms with van der Waals surface area (Å²) in [7, 11) is 2.25. The normalized spacial score (nSPS) is 25.2. The van der Waals surface area contributed by atoms with Crippen molar-refractivity contribution in [3.63, 3.8) is 0 Å². The molecule has 0 aromatic carbocycles. The lowest BCUT2D eigenvalue weighted by molar-refractivity contribution is 0.0120. The Kier molecular flexibility index (Phi) is 7.62. The Morgan fingerprint density at radius 1 is 0.786 bits per heavy atom. The van der Waals surface area contributed by atoms with Gasteiger partial charge in [-0.3, -0.25) is 4.90 Å². The lowest BCUT2D eigenvalue weighted by atomic mass is 9.92. The van der Waals surface area contributed by atoms with Crippen molar-refractivity contribution < 1.29 is 9.53 Å². The summed E-state index contributed by atoms with van der Waals surface area (Å²) in [4.78, 5) is 21.8. The van der Waals surface area contributed by atoms with Crippen molar-refractivity contribution in [3.8, 4) is 0 Å². The van der Waals surface area contributed by atoms with Crippen LogP contribution in [0.4, 0.5) is 4.79 Å². The van der Waals surface area contributed by atoms with E-state index >= 15 is 0 Å². The Morgan fingerprint density at radius 2 is 1.25 bits per heavy atom. The first kappa shape index (κ1) is 21.8. The maximum Gasteiger partial charge on any atom is 0.410 e. The monoisotopic (exact) mass is 394 g/mol. The van der Waals surface area contributed by atoms with Crippen molar-refractivity contribution in [2.75, 3.05) is 72.5 Å². The van der Waals surface area contributed by atoms with E-state index in [1.807, 2.05) is 25.7 Å². The van der Waals surface area contributed by atoms with E-state index in [9.17, 15) is 4.79 Å². The Bertz CT molecular complexity index is 483. The lowest BCUT2D eigenvalue weighted by Crippen LogP contribution is -2.51. The van der Waals surface area contributed by atoms with Gasteiger partial charge in [-0.25, -0.2) is 4.79 Å². The van der Waals surface area contributed by atoms with Gasteiger partial charge in [0.2, 0.25) is 0 Å². The maximum atomic E-state index is 12.2. The molecule has 28 heavy (non-hydrogen) atoms. The van der Waals surface area contributed by atoms with Gasteiger partial charge in [0.15, 0.2) is 0 Å². The fourth-order valence-electron chi connectivity index (χ4n) is 4.77. The second kappa shape index (κ2) is 9.77. The second-order valence-electron chi connectivity index (χ2n) is 10.3. The van der Waals surface area contributed by atoms with Crippen LogP contribution in [0.5, 0.6) is 0 Å². The minimum Gasteiger partial charge on any atom is -0.444 e. The fraction of sp³-hybridized carbons (Fsp3) is 0.955. The molecule has 162 valence electrons. The van der Waals surface area contributed by atoms with E-state index in [0.29, 0.717) is 0 Å². The van der Waals surface area contributed by atoms with Crippen molar-refractivity contribution in [1.29, 1.82) is 0 Å². The van der Waals surface area contributed by atoms with Gasteiger partial charge < -0.3 is 19.4 Å². The third-order valence-electron chi connectivity index (χ3n) is 6.60. The van der Waals surface area contributed by atoms with Crippen LogP contribution in [0.1, 0.15) is 46.5 Å². The molecular weight excluding hydrogens is 352 g/mol. The number of carbonyl (C=O) groups is 1. The summed E-state index contributed by atoms with van der Waals surface area (Å²) in [5.41, 5.74) is -0.407. The van der Waals surface area contributed by atoms with Crippen molar-refractivity contribution in [1.82, 2.24) is 19.6 Å². The molecule has 0 N–H and O–H groups in total. The number of rotatable bonds is 4. The Labute approximate surface area is 172 Å². The SMILES string of the molecule is CN1CCC(CN2CCC(CN3CCN(C(=O)OC(C)(C)C)CC3)CC2)CC1. The second-order valence-corrected chi connectivity index (χ2v) is 10.3. The number of amides is 1. The molecule has 0 saturated carbocycles. The molecule has 3 fully saturated rings. The third-order valence-corrected chi connectivity index (χ3v) is 6.60. The van der Waals surface area contributed by atoms with Crippen LogP contribution in [-0.2, 0) is 4.74 Å². The average Bonchev–Trinajstić information content (AvgIpc) is 2.64. The van der Waals surface area contributed by atoms with E-state index in [1.54, 1.807) is 0 Å². The van der Waals surface area contributed by atoms with E-state index in [4.69, 9.17) is 4.74 Å². The molecule has 3 aliphatic heterocycles. The van der Waals surface area contributed by atoms with Crippen LogP contribution >= 0.6 is 0 Å². The largest absolute Gasteiger partial charge is 0.444 e. The third kappa shape index (κ3) is 6.89. The van der Waals surface area contributed by atoms with E-state index in [1.165, 1.54) is 65.0 Å². The van der Waals surface area contributed by atoms with Crippen LogP contribution in [0.25, 0.3) is 0 Å². The zero-order chi connectivity index (χ0) is 20.1. The molecule has 0 aliphatic carbocycles. The molecule has 3 saturated heterocycles. The predicted octanol–water partition coefficient (Wildman–Crippen LogP) is 2.59. The molecule has 3 heterocycles. The van der Waals surface area contributed by atoms with Crippen LogP contribution in [0.2, 0.25) is 0 Å². The zero-order valence-corrected chi connectivity index (χ0v) is 18.7. The number of ether oxygens (including phenoxy) is 1. The van der Waals surface area contributed by atoms with Crippen LogP contribution in [-0.4, -0.2) is 104 Å². The van der Waals surface area contributed by atoms with Gasteiger partial charge in [0, 0.05) is 39.3 Å². The van der Waals surface area contributed by atoms with Crippen molar-refractivity contribution in [2.45, 2.75) is 52.1 Å². The van der Waals surface area contributed by atoms with Gasteiger partial charge in [-0.1, -0.05) is 0 Å². The number of piperazine rings is 1. The topological polar surface area (TPSA) is 39.3 Å². The van der Waals surface area contributed by atoms with E-state index < -0.39 is 5.60 Å². The summed E-state index contributed by atoms with van der Waals surface area (Å²) < 4.78 is 5.50. The van der Waals surface area contributed by atoms with Gasteiger partial charge >= 0.3 is 6.09 Å². The minimum absolute atomic E-state index is 0.158. The highest BCUT2D eigenvalue weighted by Gasteiger charge is 2.28. The van der Waals surface area contributed by atoms with Gasteiger partial charge in [-0.15, -0.1) is 0 Å². The van der Waals surface area contributed by atoms with E-state index in [2.05, 4.69) is 21.7 Å². The van der Waals surface area contributed by atoms with Gasteiger partial charge in [0.25, 0.3) is 0 Å². The molecule has 0 aromatic rings. The van der Waals surface area contributed by atoms with Gasteiger partial charge in [-0.05, 0) is 91.5 Å². The molecule has 3 aliphatic rings. The quantitative estimate of drug-likeness (QED) is 0.733. The number of piperidine rings is 2. The number of hydrogen-bond acceptors (Lipinski definition) is 5. The standard InChI is InChI=1S/C22H42N4O2/c1-22(2,3)28-21(27)26-15-13-25(14-16-26)18-20-7-11-24(12-8-20)17-19-5-9-23(4)10-6-19/h19-20H,5-18H2,1-4H3. The fourth-order valence-corrected chi connectivity index (χ4v) is 4.77. The Balaban J connectivity index is 1.31. The lowest BCUT2D eigenvalue weighted by Gasteiger charge is -2.40. The number of nitrogens with zero attached hydrogens (tertiary/aromatic N) is 4. The summed E-state index contributed by atoms with van der Waals surface area (Å²) in [6.45, 7) is 17.0. The molecule has 0 spiro atoms. The number of likely N-dealkylation sites (tertiary alicyclic amines) is 2. The summed E-state index contributed by atoms with van der Waals surface area (Å²) in [6.07, 6.45) is 5.25. The molecule has 0 unspecified atom stereocenters. The first-order valence-corrected chi connectivity index (χ1v) is 11.4. The minimum atomic E-state index is -0.407. The summed E-state index contributed by atoms with van der Waals surface area (Å²) in [5, 5.41) is 0. The Hall–Kier alpha value is -0.850. The van der Waals surface area contributed by atoms with Crippen LogP contribution in [0.15, 0.2) is 0 Å². The molecule has 3 rings (SSSR count). The first-order valence-electron chi connectivity index (χ1n) is 11.4. The molecule has 0 atom stereocenters. The molecule has 0 radical (unpaired) electrons. The summed E-state index contributed by atoms with van der Waals surface area (Å²) in [6, 6.07) is 0. The van der Waals surface area contributed by atoms with Gasteiger partial charge in [0.05, 0.1) is 0 Å². The molecule has 6 nitrogen and oxygen atoms in total. The van der Waals surface area contributed by atoms with Gasteiger partial charge in [0.1, 0.15) is 5.60 Å². The smallest absolute Gasteiger partial charge is 0.410 e. The highest BCUT2D eigenvalue weighted by molar-refractivity contribution is 5.68. The zero-order valence-electron chi connectivity index (χ0n) is 18.7. The first-order chi connectivity index (χ1) is 13.3. The van der Waals surface area contributed by atoms with Crippen molar-refractivity contribution in [3.05, 3.63) is 0 Å². The molecule has 6 heteroatoms. The van der Waals surface area contributed by atoms with Crippen LogP contribution in [0, 0.1) is 11.8 Å². The maximum absolute atomic E-state index is 12.2. The summed E-state index contributed by atoms with van der Waals surface area (Å²) >= 11 is 0. The van der Waals surface area contributed by atoms with Crippen molar-refractivity contribution in [2.24, 2.45) is 11.8 Å². The molecule has 1 amide bonds. The number of hydrogen-bond donors (Lipinski definition) is 0. The van der Waals surface area contributed by atoms with Crippen molar-refractivity contribution >= 4 is 6.09 Å². The van der Waals surface area contributed by atoms with E-state index in [-0.39, 0.29) is 6.09 Å². The van der Waals surface area contributed by atoms with E-state index in [0.717, 1.165) is 38.0 Å². The molecular formula is C22H42N4O2. The highest BCUT2D eigenvalue weighted by atomic mass is 16.6. The number of carbonyl (C=O) groups excluding carboxylic acids is 1. The summed E-state index contributed by atoms with van der Waals surface area (Å²) in [5.74, 6) is 1.73. The highest BCUT2D eigenvalue weighted by Crippen LogP contribution is 2.23. The average molecular weight is 395 g/mol.